The standard InChI is InChI=1S/C14H12ClNO4S/c1-16(12-7-5-10(6-8-12)14(17)18)21(19,20)13-4-2-3-11(15)9-13/h2-9H,1H3,(H,17,18). The average Bonchev–Trinajstić information content (AvgIpc) is 2.46. The number of carboxylic acid groups (broad SMARTS) is 1. The minimum Gasteiger partial charge on any atom is -0.478 e. The monoisotopic (exact) mass is 325 g/mol. The van der Waals surface area contributed by atoms with E-state index in [1.165, 1.54) is 43.4 Å². The first kappa shape index (κ1) is 15.3. The summed E-state index contributed by atoms with van der Waals surface area (Å²) >= 11 is 5.81. The van der Waals surface area contributed by atoms with Crippen molar-refractivity contribution in [2.24, 2.45) is 0 Å². The lowest BCUT2D eigenvalue weighted by Crippen LogP contribution is -2.26. The zero-order chi connectivity index (χ0) is 15.6. The maximum absolute atomic E-state index is 12.5. The second-order valence-electron chi connectivity index (χ2n) is 4.28. The molecule has 1 N–H and O–H groups in total. The smallest absolute Gasteiger partial charge is 0.335 e. The van der Waals surface area contributed by atoms with Crippen molar-refractivity contribution in [1.82, 2.24) is 0 Å². The number of carbonyl (C=O) groups is 1. The second kappa shape index (κ2) is 5.75. The lowest BCUT2D eigenvalue weighted by molar-refractivity contribution is 0.0697. The Bertz CT molecular complexity index is 772. The van der Waals surface area contributed by atoms with Crippen LogP contribution in [-0.4, -0.2) is 26.5 Å². The van der Waals surface area contributed by atoms with E-state index in [0.29, 0.717) is 10.7 Å². The third-order valence-electron chi connectivity index (χ3n) is 2.93. The molecule has 0 radical (unpaired) electrons. The van der Waals surface area contributed by atoms with Crippen LogP contribution in [0.4, 0.5) is 5.69 Å². The van der Waals surface area contributed by atoms with Gasteiger partial charge in [-0.05, 0) is 42.5 Å². The molecule has 0 aromatic heterocycles. The third kappa shape index (κ3) is 3.17. The van der Waals surface area contributed by atoms with Crippen LogP contribution in [0.25, 0.3) is 0 Å². The molecule has 0 saturated carbocycles. The van der Waals surface area contributed by atoms with Crippen LogP contribution < -0.4 is 4.31 Å². The maximum Gasteiger partial charge on any atom is 0.335 e. The summed E-state index contributed by atoms with van der Waals surface area (Å²) in [5.41, 5.74) is 0.451. The number of carboxylic acids is 1. The van der Waals surface area contributed by atoms with Crippen molar-refractivity contribution in [3.63, 3.8) is 0 Å². The molecule has 5 nitrogen and oxygen atoms in total. The Labute approximate surface area is 127 Å². The van der Waals surface area contributed by atoms with Gasteiger partial charge in [-0.2, -0.15) is 0 Å². The zero-order valence-corrected chi connectivity index (χ0v) is 12.6. The number of sulfonamides is 1. The molecule has 0 unspecified atom stereocenters. The fraction of sp³-hybridized carbons (Fsp3) is 0.0714. The number of rotatable bonds is 4. The summed E-state index contributed by atoms with van der Waals surface area (Å²) in [7, 11) is -2.35. The highest BCUT2D eigenvalue weighted by atomic mass is 35.5. The highest BCUT2D eigenvalue weighted by Crippen LogP contribution is 2.24. The van der Waals surface area contributed by atoms with Crippen LogP contribution in [0.15, 0.2) is 53.4 Å². The zero-order valence-electron chi connectivity index (χ0n) is 11.0. The molecule has 7 heteroatoms. The molecular weight excluding hydrogens is 314 g/mol. The van der Waals surface area contributed by atoms with E-state index >= 15 is 0 Å². The fourth-order valence-corrected chi connectivity index (χ4v) is 3.24. The van der Waals surface area contributed by atoms with E-state index < -0.39 is 16.0 Å². The molecule has 0 fully saturated rings. The average molecular weight is 326 g/mol. The molecule has 0 aliphatic rings. The largest absolute Gasteiger partial charge is 0.478 e. The number of benzene rings is 2. The van der Waals surface area contributed by atoms with Crippen LogP contribution in [0.1, 0.15) is 10.4 Å². The molecule has 0 bridgehead atoms. The van der Waals surface area contributed by atoms with Crippen LogP contribution in [0.2, 0.25) is 5.02 Å². The van der Waals surface area contributed by atoms with Crippen molar-refractivity contribution in [3.8, 4) is 0 Å². The van der Waals surface area contributed by atoms with Gasteiger partial charge in [0.2, 0.25) is 0 Å². The topological polar surface area (TPSA) is 74.7 Å². The number of hydrogen-bond donors (Lipinski definition) is 1. The van der Waals surface area contributed by atoms with Crippen LogP contribution in [-0.2, 0) is 10.0 Å². The first-order chi connectivity index (χ1) is 9.82. The molecule has 0 amide bonds. The molecule has 21 heavy (non-hydrogen) atoms. The van der Waals surface area contributed by atoms with Gasteiger partial charge in [0.1, 0.15) is 0 Å². The van der Waals surface area contributed by atoms with E-state index in [1.807, 2.05) is 0 Å². The lowest BCUT2D eigenvalue weighted by atomic mass is 10.2. The number of anilines is 1. The SMILES string of the molecule is CN(c1ccc(C(=O)O)cc1)S(=O)(=O)c1cccc(Cl)c1. The molecule has 0 aliphatic carbocycles. The third-order valence-corrected chi connectivity index (χ3v) is 4.95. The molecule has 0 spiro atoms. The lowest BCUT2D eigenvalue weighted by Gasteiger charge is -2.19. The summed E-state index contributed by atoms with van der Waals surface area (Å²) in [5, 5.41) is 9.16. The Morgan fingerprint density at radius 2 is 1.76 bits per heavy atom. The Hall–Kier alpha value is -2.05. The first-order valence-electron chi connectivity index (χ1n) is 5.90. The van der Waals surface area contributed by atoms with Gasteiger partial charge in [0, 0.05) is 12.1 Å². The summed E-state index contributed by atoms with van der Waals surface area (Å²) < 4.78 is 26.0. The van der Waals surface area contributed by atoms with E-state index in [9.17, 15) is 13.2 Å². The van der Waals surface area contributed by atoms with Gasteiger partial charge >= 0.3 is 5.97 Å². The van der Waals surface area contributed by atoms with Crippen LogP contribution in [0.5, 0.6) is 0 Å². The minimum atomic E-state index is -3.75. The number of nitrogens with zero attached hydrogens (tertiary/aromatic N) is 1. The van der Waals surface area contributed by atoms with Crippen LogP contribution in [0, 0.1) is 0 Å². The molecule has 0 atom stereocenters. The van der Waals surface area contributed by atoms with E-state index in [2.05, 4.69) is 0 Å². The van der Waals surface area contributed by atoms with E-state index in [0.717, 1.165) is 4.31 Å². The van der Waals surface area contributed by atoms with Gasteiger partial charge in [-0.25, -0.2) is 13.2 Å². The predicted octanol–water partition coefficient (Wildman–Crippen LogP) is 2.86. The van der Waals surface area contributed by atoms with Crippen LogP contribution >= 0.6 is 11.6 Å². The fourth-order valence-electron chi connectivity index (χ4n) is 1.74. The summed E-state index contributed by atoms with van der Waals surface area (Å²) in [4.78, 5) is 10.9. The molecule has 2 aromatic rings. The highest BCUT2D eigenvalue weighted by molar-refractivity contribution is 7.92. The van der Waals surface area contributed by atoms with Crippen molar-refractivity contribution in [2.75, 3.05) is 11.4 Å². The molecule has 0 aliphatic heterocycles. The van der Waals surface area contributed by atoms with Gasteiger partial charge in [-0.15, -0.1) is 0 Å². The van der Waals surface area contributed by atoms with Crippen molar-refractivity contribution in [3.05, 3.63) is 59.1 Å². The van der Waals surface area contributed by atoms with Crippen molar-refractivity contribution < 1.29 is 18.3 Å². The maximum atomic E-state index is 12.5. The van der Waals surface area contributed by atoms with E-state index in [1.54, 1.807) is 12.1 Å². The van der Waals surface area contributed by atoms with Crippen LogP contribution in [0.3, 0.4) is 0 Å². The van der Waals surface area contributed by atoms with E-state index in [-0.39, 0.29) is 10.5 Å². The number of halogens is 1. The quantitative estimate of drug-likeness (QED) is 0.938. The Morgan fingerprint density at radius 3 is 2.29 bits per heavy atom. The highest BCUT2D eigenvalue weighted by Gasteiger charge is 2.21. The van der Waals surface area contributed by atoms with Crippen molar-refractivity contribution in [2.45, 2.75) is 4.90 Å². The Kier molecular flexibility index (Phi) is 4.20. The Balaban J connectivity index is 2.38. The molecule has 2 aromatic carbocycles. The summed E-state index contributed by atoms with van der Waals surface area (Å²) in [6.07, 6.45) is 0. The Morgan fingerprint density at radius 1 is 1.14 bits per heavy atom. The normalized spacial score (nSPS) is 11.1. The van der Waals surface area contributed by atoms with Gasteiger partial charge in [0.15, 0.2) is 0 Å². The molecular formula is C14H12ClNO4S. The minimum absolute atomic E-state index is 0.0693. The number of hydrogen-bond acceptors (Lipinski definition) is 3. The van der Waals surface area contributed by atoms with Gasteiger partial charge in [-0.1, -0.05) is 17.7 Å². The molecule has 0 saturated heterocycles. The molecule has 0 heterocycles. The molecule has 110 valence electrons. The van der Waals surface area contributed by atoms with E-state index in [4.69, 9.17) is 16.7 Å². The van der Waals surface area contributed by atoms with Gasteiger partial charge in [0.25, 0.3) is 10.0 Å². The van der Waals surface area contributed by atoms with Crippen molar-refractivity contribution >= 4 is 33.3 Å². The summed E-state index contributed by atoms with van der Waals surface area (Å²) in [5.74, 6) is -1.07. The van der Waals surface area contributed by atoms with Gasteiger partial charge in [-0.3, -0.25) is 4.31 Å². The van der Waals surface area contributed by atoms with Gasteiger partial charge < -0.3 is 5.11 Å². The van der Waals surface area contributed by atoms with Gasteiger partial charge in [0.05, 0.1) is 16.1 Å². The molecule has 2 rings (SSSR count). The summed E-state index contributed by atoms with van der Waals surface area (Å²) in [6.45, 7) is 0. The first-order valence-corrected chi connectivity index (χ1v) is 7.72. The summed E-state index contributed by atoms with van der Waals surface area (Å²) in [6, 6.07) is 11.5. The van der Waals surface area contributed by atoms with Crippen molar-refractivity contribution in [1.29, 1.82) is 0 Å². The second-order valence-corrected chi connectivity index (χ2v) is 6.69. The predicted molar refractivity (Wildman–Crippen MR) is 80.4 cm³/mol. The number of aromatic carboxylic acids is 1.